The van der Waals surface area contributed by atoms with Crippen molar-refractivity contribution < 1.29 is 29.7 Å². The van der Waals surface area contributed by atoms with Crippen LogP contribution in [0, 0.1) is 6.92 Å². The van der Waals surface area contributed by atoms with Crippen LogP contribution in [-0.2, 0) is 19.5 Å². The summed E-state index contributed by atoms with van der Waals surface area (Å²) < 4.78 is 0. The first-order chi connectivity index (χ1) is 12.2. The van der Waals surface area contributed by atoms with Crippen LogP contribution in [0.25, 0.3) is 0 Å². The van der Waals surface area contributed by atoms with Crippen molar-refractivity contribution in [3.8, 4) is 0 Å². The Morgan fingerprint density at radius 3 is 1.44 bits per heavy atom. The zero-order chi connectivity index (χ0) is 19.9. The maximum atomic E-state index is 8.49. The number of aliphatic hydroxyl groups is 2. The number of aromatic nitrogens is 1. The second-order valence-electron chi connectivity index (χ2n) is 6.98. The molecule has 2 N–H and O–H groups in total. The van der Waals surface area contributed by atoms with Gasteiger partial charge in [-0.3, -0.25) is 4.98 Å². The van der Waals surface area contributed by atoms with Crippen LogP contribution in [0.3, 0.4) is 0 Å². The largest absolute Gasteiger partial charge is 3.00 e. The third-order valence-corrected chi connectivity index (χ3v) is 3.92. The molecule has 0 amide bonds. The van der Waals surface area contributed by atoms with Gasteiger partial charge in [0.1, 0.15) is 0 Å². The van der Waals surface area contributed by atoms with Crippen LogP contribution < -0.4 is 0 Å². The first-order valence-corrected chi connectivity index (χ1v) is 9.18. The Balaban J connectivity index is 0. The van der Waals surface area contributed by atoms with Gasteiger partial charge in [-0.05, 0) is 65.7 Å². The Morgan fingerprint density at radius 2 is 1.30 bits per heavy atom. The molecular weight excluding hydrogens is 429 g/mol. The van der Waals surface area contributed by atoms with Crippen molar-refractivity contribution in [1.29, 1.82) is 0 Å². The summed E-state index contributed by atoms with van der Waals surface area (Å²) >= 11 is 0. The van der Waals surface area contributed by atoms with Crippen LogP contribution in [-0.4, -0.2) is 96.4 Å². The maximum absolute atomic E-state index is 8.49. The number of pyridine rings is 1. The Kier molecular flexibility index (Phi) is 18.1. The number of aliphatic hydroxyl groups excluding tert-OH is 2. The van der Waals surface area contributed by atoms with E-state index in [4.69, 9.17) is 10.2 Å². The van der Waals surface area contributed by atoms with Crippen molar-refractivity contribution in [1.82, 2.24) is 19.7 Å². The smallest absolute Gasteiger partial charge is 0.513 e. The summed E-state index contributed by atoms with van der Waals surface area (Å²) in [7, 11) is 6.60. The molecule has 1 saturated heterocycles. The fourth-order valence-corrected chi connectivity index (χ4v) is 2.14. The van der Waals surface area contributed by atoms with Gasteiger partial charge in [0, 0.05) is 51.7 Å². The number of allylic oxidation sites excluding steroid dienone is 1. The fourth-order valence-electron chi connectivity index (χ4n) is 2.14. The monoisotopic (exact) mass is 468 g/mol. The number of hydrogen-bond donors (Lipinski definition) is 2. The Morgan fingerprint density at radius 1 is 0.963 bits per heavy atom. The molecule has 7 heteroatoms. The number of nitrogens with zero attached hydrogens (tertiary/aromatic N) is 4. The van der Waals surface area contributed by atoms with Crippen molar-refractivity contribution in [3.05, 3.63) is 41.9 Å². The Hall–Kier alpha value is -0.847. The summed E-state index contributed by atoms with van der Waals surface area (Å²) in [5.41, 5.74) is 1.26. The molecule has 0 aromatic carbocycles. The summed E-state index contributed by atoms with van der Waals surface area (Å²) in [6.45, 7) is 12.3. The molecule has 1 unspecified atom stereocenters. The average Bonchev–Trinajstić information content (AvgIpc) is 2.62. The van der Waals surface area contributed by atoms with E-state index in [1.165, 1.54) is 57.8 Å². The van der Waals surface area contributed by atoms with E-state index in [1.54, 1.807) is 19.3 Å². The standard InChI is InChI=1S/C9H21N3.C6H7N.C5H10O2.Ru/c1-10-4-6-11(2)8-9-12(3)7-5-10;1-6-2-4-7-5-3-6;1-4(6)3-5(2)7;/h4-9H2,1-3H3;2-5H,1H3;3-4,6-7H,1-2H3;/q;;;+3. The van der Waals surface area contributed by atoms with Gasteiger partial charge >= 0.3 is 19.5 Å². The van der Waals surface area contributed by atoms with Crippen LogP contribution in [0.1, 0.15) is 19.4 Å². The van der Waals surface area contributed by atoms with Crippen LogP contribution in [0.2, 0.25) is 0 Å². The van der Waals surface area contributed by atoms with Gasteiger partial charge in [-0.2, -0.15) is 0 Å². The van der Waals surface area contributed by atoms with Gasteiger partial charge in [0.15, 0.2) is 0 Å². The predicted octanol–water partition coefficient (Wildman–Crippen LogP) is 2.01. The quantitative estimate of drug-likeness (QED) is 0.487. The van der Waals surface area contributed by atoms with E-state index < -0.39 is 6.10 Å². The summed E-state index contributed by atoms with van der Waals surface area (Å²) in [4.78, 5) is 11.0. The zero-order valence-corrected chi connectivity index (χ0v) is 19.5. The Labute approximate surface area is 178 Å². The molecule has 6 nitrogen and oxygen atoms in total. The zero-order valence-electron chi connectivity index (χ0n) is 17.7. The van der Waals surface area contributed by atoms with Gasteiger partial charge in [-0.1, -0.05) is 0 Å². The van der Waals surface area contributed by atoms with Gasteiger partial charge in [-0.25, -0.2) is 0 Å². The van der Waals surface area contributed by atoms with Gasteiger partial charge < -0.3 is 24.9 Å². The minimum absolute atomic E-state index is 0. The number of aryl methyl sites for hydroxylation is 1. The average molecular weight is 468 g/mol. The predicted molar refractivity (Wildman–Crippen MR) is 110 cm³/mol. The number of hydrogen-bond acceptors (Lipinski definition) is 6. The van der Waals surface area contributed by atoms with E-state index in [-0.39, 0.29) is 25.2 Å². The molecule has 0 saturated carbocycles. The molecule has 0 aliphatic carbocycles. The molecular formula is C20H38N4O2Ru+3. The second-order valence-corrected chi connectivity index (χ2v) is 6.98. The van der Waals surface area contributed by atoms with E-state index >= 15 is 0 Å². The SMILES string of the molecule is CC(O)=CC(C)O.CN1CCN(C)CCN(C)CC1.Cc1ccncc1.[Ru+3]. The van der Waals surface area contributed by atoms with Crippen molar-refractivity contribution >= 4 is 0 Å². The second kappa shape index (κ2) is 17.3. The maximum Gasteiger partial charge on any atom is 3.00 e. The molecule has 27 heavy (non-hydrogen) atoms. The van der Waals surface area contributed by atoms with E-state index in [1.807, 2.05) is 19.1 Å². The fraction of sp³-hybridized carbons (Fsp3) is 0.650. The minimum Gasteiger partial charge on any atom is -0.513 e. The van der Waals surface area contributed by atoms with Gasteiger partial charge in [-0.15, -0.1) is 0 Å². The van der Waals surface area contributed by atoms with E-state index in [9.17, 15) is 0 Å². The molecule has 1 radical (unpaired) electrons. The van der Waals surface area contributed by atoms with Crippen LogP contribution in [0.4, 0.5) is 0 Å². The van der Waals surface area contributed by atoms with E-state index in [2.05, 4.69) is 40.8 Å². The molecule has 1 fully saturated rings. The Bertz CT molecular complexity index is 446. The minimum atomic E-state index is -0.537. The van der Waals surface area contributed by atoms with Crippen LogP contribution in [0.5, 0.6) is 0 Å². The molecule has 1 atom stereocenters. The molecule has 155 valence electrons. The third kappa shape index (κ3) is 19.7. The van der Waals surface area contributed by atoms with Crippen molar-refractivity contribution in [2.45, 2.75) is 26.9 Å². The number of rotatable bonds is 1. The van der Waals surface area contributed by atoms with Crippen LogP contribution >= 0.6 is 0 Å². The summed E-state index contributed by atoms with van der Waals surface area (Å²) in [6.07, 6.45) is 4.40. The van der Waals surface area contributed by atoms with Gasteiger partial charge in [0.05, 0.1) is 11.9 Å². The van der Waals surface area contributed by atoms with Crippen molar-refractivity contribution in [3.63, 3.8) is 0 Å². The molecule has 1 aromatic heterocycles. The third-order valence-electron chi connectivity index (χ3n) is 3.92. The topological polar surface area (TPSA) is 63.1 Å². The van der Waals surface area contributed by atoms with Crippen molar-refractivity contribution in [2.24, 2.45) is 0 Å². The number of likely N-dealkylation sites (N-methyl/N-ethyl adjacent to an activating group) is 3. The first kappa shape index (κ1) is 28.4. The van der Waals surface area contributed by atoms with Gasteiger partial charge in [0.25, 0.3) is 0 Å². The summed E-state index contributed by atoms with van der Waals surface area (Å²) in [6, 6.07) is 3.94. The van der Waals surface area contributed by atoms with Gasteiger partial charge in [0.2, 0.25) is 0 Å². The molecule has 0 spiro atoms. The normalized spacial score (nSPS) is 18.3. The van der Waals surface area contributed by atoms with Crippen LogP contribution in [0.15, 0.2) is 36.4 Å². The first-order valence-electron chi connectivity index (χ1n) is 9.18. The van der Waals surface area contributed by atoms with E-state index in [0.29, 0.717) is 0 Å². The molecule has 0 bridgehead atoms. The summed E-state index contributed by atoms with van der Waals surface area (Å²) in [5.74, 6) is 0.162. The van der Waals surface area contributed by atoms with Crippen molar-refractivity contribution in [2.75, 3.05) is 60.4 Å². The molecule has 1 aromatic rings. The molecule has 2 rings (SSSR count). The molecule has 1 aliphatic heterocycles. The molecule has 2 heterocycles. The van der Waals surface area contributed by atoms with E-state index in [0.717, 1.165) is 0 Å². The molecule has 1 aliphatic rings. The summed E-state index contributed by atoms with van der Waals surface area (Å²) in [5, 5.41) is 16.9.